The van der Waals surface area contributed by atoms with E-state index in [-0.39, 0.29) is 0 Å². The van der Waals surface area contributed by atoms with Crippen molar-refractivity contribution < 1.29 is 0 Å². The Hall–Kier alpha value is -1.42. The summed E-state index contributed by atoms with van der Waals surface area (Å²) in [6, 6.07) is 16.0. The monoisotopic (exact) mass is 304 g/mol. The SMILES string of the molecule is CN(Cc1ccc(Cl)cc1)Cc1ccc(C(N)=S)cc1. The van der Waals surface area contributed by atoms with E-state index in [4.69, 9.17) is 29.6 Å². The predicted molar refractivity (Wildman–Crippen MR) is 89.0 cm³/mol. The highest BCUT2D eigenvalue weighted by Gasteiger charge is 2.03. The van der Waals surface area contributed by atoms with Crippen molar-refractivity contribution in [1.29, 1.82) is 0 Å². The van der Waals surface area contributed by atoms with Gasteiger partial charge in [-0.25, -0.2) is 0 Å². The van der Waals surface area contributed by atoms with Gasteiger partial charge in [0.05, 0.1) is 0 Å². The summed E-state index contributed by atoms with van der Waals surface area (Å²) in [5.41, 5.74) is 8.98. The van der Waals surface area contributed by atoms with Gasteiger partial charge < -0.3 is 5.73 Å². The zero-order chi connectivity index (χ0) is 14.5. The van der Waals surface area contributed by atoms with Gasteiger partial charge in [0.2, 0.25) is 0 Å². The molecule has 0 aliphatic carbocycles. The Morgan fingerprint density at radius 1 is 1.00 bits per heavy atom. The number of thiocarbonyl (C=S) groups is 1. The minimum Gasteiger partial charge on any atom is -0.389 e. The summed E-state index contributed by atoms with van der Waals surface area (Å²) in [5.74, 6) is 0. The van der Waals surface area contributed by atoms with Crippen molar-refractivity contribution in [2.75, 3.05) is 7.05 Å². The van der Waals surface area contributed by atoms with Crippen molar-refractivity contribution in [2.45, 2.75) is 13.1 Å². The highest BCUT2D eigenvalue weighted by Crippen LogP contribution is 2.13. The van der Waals surface area contributed by atoms with Gasteiger partial charge in [0.15, 0.2) is 0 Å². The van der Waals surface area contributed by atoms with Crippen LogP contribution >= 0.6 is 23.8 Å². The Kier molecular flexibility index (Phi) is 5.12. The van der Waals surface area contributed by atoms with Crippen LogP contribution in [0.5, 0.6) is 0 Å². The highest BCUT2D eigenvalue weighted by molar-refractivity contribution is 7.80. The number of hydrogen-bond donors (Lipinski definition) is 1. The molecule has 0 fully saturated rings. The van der Waals surface area contributed by atoms with Crippen molar-refractivity contribution in [2.24, 2.45) is 5.73 Å². The minimum atomic E-state index is 0.436. The van der Waals surface area contributed by atoms with Gasteiger partial charge in [0, 0.05) is 23.7 Å². The molecule has 0 spiro atoms. The van der Waals surface area contributed by atoms with E-state index in [2.05, 4.69) is 36.2 Å². The Bertz CT molecular complexity index is 578. The average Bonchev–Trinajstić information content (AvgIpc) is 2.42. The molecule has 0 aliphatic heterocycles. The third kappa shape index (κ3) is 4.30. The Morgan fingerprint density at radius 2 is 1.45 bits per heavy atom. The van der Waals surface area contributed by atoms with Gasteiger partial charge in [-0.15, -0.1) is 0 Å². The van der Waals surface area contributed by atoms with E-state index in [9.17, 15) is 0 Å². The predicted octanol–water partition coefficient (Wildman–Crippen LogP) is 3.61. The number of nitrogens with zero attached hydrogens (tertiary/aromatic N) is 1. The van der Waals surface area contributed by atoms with Crippen LogP contribution < -0.4 is 5.73 Å². The van der Waals surface area contributed by atoms with Gasteiger partial charge in [-0.05, 0) is 30.3 Å². The van der Waals surface area contributed by atoms with Crippen LogP contribution in [-0.4, -0.2) is 16.9 Å². The van der Waals surface area contributed by atoms with Crippen molar-refractivity contribution in [3.63, 3.8) is 0 Å². The second-order valence-corrected chi connectivity index (χ2v) is 5.74. The molecule has 0 saturated carbocycles. The average molecular weight is 305 g/mol. The van der Waals surface area contributed by atoms with Crippen LogP contribution in [0.4, 0.5) is 0 Å². The lowest BCUT2D eigenvalue weighted by Crippen LogP contribution is -2.17. The smallest absolute Gasteiger partial charge is 0.103 e. The maximum absolute atomic E-state index is 5.88. The van der Waals surface area contributed by atoms with E-state index < -0.39 is 0 Å². The summed E-state index contributed by atoms with van der Waals surface area (Å²) >= 11 is 10.8. The largest absolute Gasteiger partial charge is 0.389 e. The van der Waals surface area contributed by atoms with E-state index >= 15 is 0 Å². The van der Waals surface area contributed by atoms with E-state index in [1.807, 2.05) is 24.3 Å². The van der Waals surface area contributed by atoms with E-state index in [1.165, 1.54) is 11.1 Å². The molecule has 0 aliphatic rings. The Labute approximate surface area is 130 Å². The molecule has 2 aromatic carbocycles. The molecule has 104 valence electrons. The van der Waals surface area contributed by atoms with Gasteiger partial charge in [-0.3, -0.25) is 4.90 Å². The summed E-state index contributed by atoms with van der Waals surface area (Å²) in [6.07, 6.45) is 0. The summed E-state index contributed by atoms with van der Waals surface area (Å²) in [7, 11) is 2.09. The third-order valence-corrected chi connectivity index (χ3v) is 3.54. The maximum atomic E-state index is 5.88. The molecule has 2 N–H and O–H groups in total. The van der Waals surface area contributed by atoms with Gasteiger partial charge >= 0.3 is 0 Å². The molecule has 0 bridgehead atoms. The molecule has 2 aromatic rings. The topological polar surface area (TPSA) is 29.3 Å². The van der Waals surface area contributed by atoms with Crippen LogP contribution in [0, 0.1) is 0 Å². The lowest BCUT2D eigenvalue weighted by molar-refractivity contribution is 0.319. The second-order valence-electron chi connectivity index (χ2n) is 4.86. The summed E-state index contributed by atoms with van der Waals surface area (Å²) in [4.78, 5) is 2.69. The fraction of sp³-hybridized carbons (Fsp3) is 0.188. The molecule has 4 heteroatoms. The standard InChI is InChI=1S/C16H17ClN2S/c1-19(11-13-4-8-15(17)9-5-13)10-12-2-6-14(7-3-12)16(18)20/h2-9H,10-11H2,1H3,(H2,18,20). The molecular formula is C16H17ClN2S. The van der Waals surface area contributed by atoms with Gasteiger partial charge in [-0.1, -0.05) is 60.2 Å². The van der Waals surface area contributed by atoms with Crippen molar-refractivity contribution in [3.8, 4) is 0 Å². The zero-order valence-electron chi connectivity index (χ0n) is 11.3. The van der Waals surface area contributed by atoms with Crippen LogP contribution in [0.2, 0.25) is 5.02 Å². The molecule has 0 radical (unpaired) electrons. The third-order valence-electron chi connectivity index (χ3n) is 3.06. The molecule has 0 aromatic heterocycles. The molecule has 0 amide bonds. The van der Waals surface area contributed by atoms with Crippen molar-refractivity contribution in [3.05, 3.63) is 70.2 Å². The van der Waals surface area contributed by atoms with Crippen LogP contribution in [0.1, 0.15) is 16.7 Å². The van der Waals surface area contributed by atoms with E-state index in [1.54, 1.807) is 0 Å². The van der Waals surface area contributed by atoms with Crippen molar-refractivity contribution in [1.82, 2.24) is 4.90 Å². The first-order valence-corrected chi connectivity index (χ1v) is 7.15. The number of benzene rings is 2. The minimum absolute atomic E-state index is 0.436. The summed E-state index contributed by atoms with van der Waals surface area (Å²) < 4.78 is 0. The Morgan fingerprint density at radius 3 is 1.90 bits per heavy atom. The number of halogens is 1. The summed E-state index contributed by atoms with van der Waals surface area (Å²) in [6.45, 7) is 1.76. The molecular weight excluding hydrogens is 288 g/mol. The fourth-order valence-corrected chi connectivity index (χ4v) is 2.31. The molecule has 0 heterocycles. The van der Waals surface area contributed by atoms with E-state index in [0.717, 1.165) is 23.7 Å². The molecule has 0 saturated heterocycles. The molecule has 2 nitrogen and oxygen atoms in total. The van der Waals surface area contributed by atoms with Gasteiger partial charge in [0.25, 0.3) is 0 Å². The maximum Gasteiger partial charge on any atom is 0.103 e. The normalized spacial score (nSPS) is 10.8. The Balaban J connectivity index is 1.95. The lowest BCUT2D eigenvalue weighted by atomic mass is 10.1. The number of hydrogen-bond acceptors (Lipinski definition) is 2. The number of nitrogens with two attached hydrogens (primary N) is 1. The highest BCUT2D eigenvalue weighted by atomic mass is 35.5. The van der Waals surface area contributed by atoms with Crippen LogP contribution in [0.25, 0.3) is 0 Å². The van der Waals surface area contributed by atoms with Crippen LogP contribution in [0.15, 0.2) is 48.5 Å². The number of rotatable bonds is 5. The lowest BCUT2D eigenvalue weighted by Gasteiger charge is -2.17. The van der Waals surface area contributed by atoms with Gasteiger partial charge in [-0.2, -0.15) is 0 Å². The first-order valence-electron chi connectivity index (χ1n) is 6.36. The molecule has 20 heavy (non-hydrogen) atoms. The summed E-state index contributed by atoms with van der Waals surface area (Å²) in [5, 5.41) is 0.768. The van der Waals surface area contributed by atoms with E-state index in [0.29, 0.717) is 4.99 Å². The van der Waals surface area contributed by atoms with Gasteiger partial charge in [0.1, 0.15) is 4.99 Å². The zero-order valence-corrected chi connectivity index (χ0v) is 12.9. The van der Waals surface area contributed by atoms with Crippen molar-refractivity contribution >= 4 is 28.8 Å². The molecule has 0 unspecified atom stereocenters. The quantitative estimate of drug-likeness (QED) is 0.856. The first kappa shape index (κ1) is 15.0. The molecule has 2 rings (SSSR count). The second kappa shape index (κ2) is 6.84. The fourth-order valence-electron chi connectivity index (χ4n) is 2.04. The first-order chi connectivity index (χ1) is 9.54. The van der Waals surface area contributed by atoms with Crippen LogP contribution in [0.3, 0.4) is 0 Å². The molecule has 0 atom stereocenters. The van der Waals surface area contributed by atoms with Crippen LogP contribution in [-0.2, 0) is 13.1 Å².